The molecule has 0 radical (unpaired) electrons. The van der Waals surface area contributed by atoms with Crippen LogP contribution in [-0.4, -0.2) is 28.2 Å². The molecule has 0 saturated carbocycles. The maximum Gasteiger partial charge on any atom is 0.273 e. The van der Waals surface area contributed by atoms with Crippen molar-refractivity contribution in [3.8, 4) is 0 Å². The normalized spacial score (nSPS) is 10.1. The molecule has 2 rings (SSSR count). The van der Waals surface area contributed by atoms with Gasteiger partial charge >= 0.3 is 0 Å². The van der Waals surface area contributed by atoms with Gasteiger partial charge in [0, 0.05) is 17.2 Å². The second-order valence-electron chi connectivity index (χ2n) is 4.47. The molecule has 1 aromatic heterocycles. The number of nitrogens with zero attached hydrogens (tertiary/aromatic N) is 2. The Morgan fingerprint density at radius 3 is 2.43 bits per heavy atom. The van der Waals surface area contributed by atoms with Crippen molar-refractivity contribution in [2.45, 2.75) is 6.54 Å². The maximum atomic E-state index is 12.4. The van der Waals surface area contributed by atoms with Gasteiger partial charge in [0.15, 0.2) is 0 Å². The fourth-order valence-corrected chi connectivity index (χ4v) is 2.11. The molecule has 21 heavy (non-hydrogen) atoms. The number of aromatic nitrogens is 1. The lowest BCUT2D eigenvalue weighted by Crippen LogP contribution is -2.38. The minimum Gasteiger partial charge on any atom is -0.368 e. The van der Waals surface area contributed by atoms with Crippen LogP contribution in [-0.2, 0) is 11.3 Å². The molecule has 0 aliphatic heterocycles. The number of pyridine rings is 1. The summed E-state index contributed by atoms with van der Waals surface area (Å²) in [6.45, 7) is 0.150. The Morgan fingerprint density at radius 2 is 1.86 bits per heavy atom. The van der Waals surface area contributed by atoms with Gasteiger partial charge in [-0.3, -0.25) is 14.6 Å². The van der Waals surface area contributed by atoms with Crippen molar-refractivity contribution in [2.24, 2.45) is 5.73 Å². The third-order valence-corrected chi connectivity index (χ3v) is 3.33. The van der Waals surface area contributed by atoms with Gasteiger partial charge in [0.1, 0.15) is 12.2 Å². The quantitative estimate of drug-likeness (QED) is 0.898. The zero-order valence-electron chi connectivity index (χ0n) is 11.2. The lowest BCUT2D eigenvalue weighted by molar-refractivity contribution is -0.118. The van der Waals surface area contributed by atoms with Crippen LogP contribution in [0.4, 0.5) is 0 Å². The Hall–Kier alpha value is -2.21. The first kappa shape index (κ1) is 15.2. The van der Waals surface area contributed by atoms with E-state index in [4.69, 9.17) is 5.73 Å². The highest BCUT2D eigenvalue weighted by atomic mass is 79.9. The number of halogens is 1. The van der Waals surface area contributed by atoms with Crippen LogP contribution in [0.1, 0.15) is 16.1 Å². The monoisotopic (exact) mass is 347 g/mol. The minimum atomic E-state index is -0.559. The molecule has 0 fully saturated rings. The summed E-state index contributed by atoms with van der Waals surface area (Å²) in [5.74, 6) is -0.881. The van der Waals surface area contributed by atoms with E-state index in [-0.39, 0.29) is 18.1 Å². The van der Waals surface area contributed by atoms with Gasteiger partial charge in [-0.15, -0.1) is 0 Å². The predicted molar refractivity (Wildman–Crippen MR) is 82.3 cm³/mol. The van der Waals surface area contributed by atoms with Crippen LogP contribution in [0, 0.1) is 0 Å². The molecular formula is C15H14BrN3O2. The molecule has 0 spiro atoms. The van der Waals surface area contributed by atoms with E-state index in [0.29, 0.717) is 6.54 Å². The number of carbonyl (C=O) groups is 2. The predicted octanol–water partition coefficient (Wildman–Crippen LogP) is 1.97. The van der Waals surface area contributed by atoms with Crippen molar-refractivity contribution < 1.29 is 9.59 Å². The minimum absolute atomic E-state index is 0.147. The first-order valence-electron chi connectivity index (χ1n) is 6.29. The van der Waals surface area contributed by atoms with Gasteiger partial charge in [-0.1, -0.05) is 34.1 Å². The van der Waals surface area contributed by atoms with E-state index in [1.165, 1.54) is 11.1 Å². The number of carbonyl (C=O) groups excluding carboxylic acids is 2. The topological polar surface area (TPSA) is 76.3 Å². The van der Waals surface area contributed by atoms with Gasteiger partial charge < -0.3 is 10.6 Å². The van der Waals surface area contributed by atoms with Gasteiger partial charge in [-0.05, 0) is 29.8 Å². The largest absolute Gasteiger partial charge is 0.368 e. The van der Waals surface area contributed by atoms with Crippen LogP contribution >= 0.6 is 15.9 Å². The zero-order valence-corrected chi connectivity index (χ0v) is 12.8. The van der Waals surface area contributed by atoms with E-state index in [1.54, 1.807) is 18.2 Å². The highest BCUT2D eigenvalue weighted by Crippen LogP contribution is 2.13. The summed E-state index contributed by atoms with van der Waals surface area (Å²) in [5.41, 5.74) is 6.42. The summed E-state index contributed by atoms with van der Waals surface area (Å²) < 4.78 is 0.948. The van der Waals surface area contributed by atoms with Crippen molar-refractivity contribution in [3.05, 3.63) is 64.4 Å². The van der Waals surface area contributed by atoms with Gasteiger partial charge in [-0.25, -0.2) is 0 Å². The SMILES string of the molecule is NC(=O)CN(Cc1ccc(Br)cc1)C(=O)c1ccccn1. The van der Waals surface area contributed by atoms with E-state index in [1.807, 2.05) is 24.3 Å². The first-order chi connectivity index (χ1) is 10.1. The van der Waals surface area contributed by atoms with Crippen LogP contribution in [0.2, 0.25) is 0 Å². The molecule has 5 nitrogen and oxygen atoms in total. The van der Waals surface area contributed by atoms with E-state index < -0.39 is 5.91 Å². The number of amides is 2. The fourth-order valence-electron chi connectivity index (χ4n) is 1.85. The third kappa shape index (κ3) is 4.39. The van der Waals surface area contributed by atoms with Gasteiger partial charge in [0.25, 0.3) is 5.91 Å². The lowest BCUT2D eigenvalue weighted by atomic mass is 10.2. The van der Waals surface area contributed by atoms with Gasteiger partial charge in [0.05, 0.1) is 0 Å². The van der Waals surface area contributed by atoms with Crippen LogP contribution < -0.4 is 5.73 Å². The Labute approximate surface area is 130 Å². The molecule has 1 aromatic carbocycles. The average Bonchev–Trinajstić information content (AvgIpc) is 2.48. The number of primary amides is 1. The van der Waals surface area contributed by atoms with Crippen LogP contribution in [0.5, 0.6) is 0 Å². The van der Waals surface area contributed by atoms with Crippen molar-refractivity contribution in [1.82, 2.24) is 9.88 Å². The summed E-state index contributed by atoms with van der Waals surface area (Å²) >= 11 is 3.35. The number of hydrogen-bond donors (Lipinski definition) is 1. The molecule has 2 aromatic rings. The summed E-state index contributed by atoms with van der Waals surface area (Å²) in [4.78, 5) is 29.0. The van der Waals surface area contributed by atoms with Crippen molar-refractivity contribution >= 4 is 27.7 Å². The van der Waals surface area contributed by atoms with E-state index in [2.05, 4.69) is 20.9 Å². The Kier molecular flexibility index (Phi) is 5.05. The molecule has 0 saturated heterocycles. The van der Waals surface area contributed by atoms with Crippen LogP contribution in [0.3, 0.4) is 0 Å². The fraction of sp³-hybridized carbons (Fsp3) is 0.133. The Balaban J connectivity index is 2.20. The Bertz CT molecular complexity index is 629. The van der Waals surface area contributed by atoms with E-state index in [0.717, 1.165) is 10.0 Å². The van der Waals surface area contributed by atoms with Crippen molar-refractivity contribution in [2.75, 3.05) is 6.54 Å². The average molecular weight is 348 g/mol. The molecule has 0 bridgehead atoms. The molecule has 108 valence electrons. The summed E-state index contributed by atoms with van der Waals surface area (Å²) in [6, 6.07) is 12.6. The summed E-state index contributed by atoms with van der Waals surface area (Å²) in [7, 11) is 0. The molecule has 6 heteroatoms. The van der Waals surface area contributed by atoms with Gasteiger partial charge in [0.2, 0.25) is 5.91 Å². The molecule has 0 unspecified atom stereocenters. The molecule has 0 aliphatic carbocycles. The van der Waals surface area contributed by atoms with Gasteiger partial charge in [-0.2, -0.15) is 0 Å². The highest BCUT2D eigenvalue weighted by molar-refractivity contribution is 9.10. The molecule has 2 N–H and O–H groups in total. The molecule has 1 heterocycles. The third-order valence-electron chi connectivity index (χ3n) is 2.80. The standard InChI is InChI=1S/C15H14BrN3O2/c16-12-6-4-11(5-7-12)9-19(10-14(17)20)15(21)13-3-1-2-8-18-13/h1-8H,9-10H2,(H2,17,20). The lowest BCUT2D eigenvalue weighted by Gasteiger charge is -2.21. The van der Waals surface area contributed by atoms with E-state index >= 15 is 0 Å². The number of rotatable bonds is 5. The van der Waals surface area contributed by atoms with Crippen LogP contribution in [0.15, 0.2) is 53.1 Å². The summed E-state index contributed by atoms with van der Waals surface area (Å²) in [6.07, 6.45) is 1.54. The number of hydrogen-bond acceptors (Lipinski definition) is 3. The molecule has 2 amide bonds. The maximum absolute atomic E-state index is 12.4. The smallest absolute Gasteiger partial charge is 0.273 e. The summed E-state index contributed by atoms with van der Waals surface area (Å²) in [5, 5.41) is 0. The van der Waals surface area contributed by atoms with Crippen molar-refractivity contribution in [1.29, 1.82) is 0 Å². The number of benzene rings is 1. The molecular weight excluding hydrogens is 334 g/mol. The van der Waals surface area contributed by atoms with Crippen LogP contribution in [0.25, 0.3) is 0 Å². The number of nitrogens with two attached hydrogens (primary N) is 1. The molecule has 0 atom stereocenters. The Morgan fingerprint density at radius 1 is 1.14 bits per heavy atom. The first-order valence-corrected chi connectivity index (χ1v) is 7.08. The highest BCUT2D eigenvalue weighted by Gasteiger charge is 2.18. The van der Waals surface area contributed by atoms with Crippen molar-refractivity contribution in [3.63, 3.8) is 0 Å². The second-order valence-corrected chi connectivity index (χ2v) is 5.38. The second kappa shape index (κ2) is 6.99. The molecule has 0 aliphatic rings. The zero-order chi connectivity index (χ0) is 15.2. The van der Waals surface area contributed by atoms with E-state index in [9.17, 15) is 9.59 Å².